The smallest absolute Gasteiger partial charge is 0.320 e. The van der Waals surface area contributed by atoms with Crippen LogP contribution in [0.25, 0.3) is 5.82 Å². The normalized spacial score (nSPS) is 15.7. The van der Waals surface area contributed by atoms with Crippen LogP contribution in [0.5, 0.6) is 5.75 Å². The van der Waals surface area contributed by atoms with Gasteiger partial charge in [-0.1, -0.05) is 29.8 Å². The largest absolute Gasteiger partial charge is 0.492 e. The van der Waals surface area contributed by atoms with Crippen LogP contribution >= 0.6 is 11.6 Å². The average Bonchev–Trinajstić information content (AvgIpc) is 3.12. The Morgan fingerprint density at radius 2 is 2.15 bits per heavy atom. The number of fused-ring (bicyclic) bond motifs is 1. The highest BCUT2D eigenvalue weighted by atomic mass is 35.5. The fourth-order valence-corrected chi connectivity index (χ4v) is 3.09. The number of rotatable bonds is 3. The molecule has 1 aliphatic heterocycles. The maximum Gasteiger partial charge on any atom is 0.320 e. The lowest BCUT2D eigenvalue weighted by molar-refractivity contribution is 0.232. The zero-order valence-corrected chi connectivity index (χ0v) is 14.5. The molecule has 0 saturated heterocycles. The molecule has 2 aromatic heterocycles. The summed E-state index contributed by atoms with van der Waals surface area (Å²) >= 11 is 6.16. The van der Waals surface area contributed by atoms with Crippen LogP contribution in [-0.2, 0) is 0 Å². The van der Waals surface area contributed by atoms with Crippen molar-refractivity contribution in [3.8, 4) is 11.6 Å². The molecular weight excluding hydrogens is 354 g/mol. The third-order valence-electron chi connectivity index (χ3n) is 4.05. The number of pyridine rings is 1. The average molecular weight is 370 g/mol. The van der Waals surface area contributed by atoms with E-state index in [1.54, 1.807) is 29.2 Å². The van der Waals surface area contributed by atoms with E-state index in [0.717, 1.165) is 5.56 Å². The number of hydrogen-bond acceptors (Lipinski definition) is 4. The number of nitrogens with one attached hydrogen (secondary N) is 2. The Balaban J connectivity index is 1.44. The van der Waals surface area contributed by atoms with Crippen LogP contribution in [0.3, 0.4) is 0 Å². The molecule has 1 aliphatic rings. The summed E-state index contributed by atoms with van der Waals surface area (Å²) in [6, 6.07) is 12.3. The van der Waals surface area contributed by atoms with Crippen molar-refractivity contribution in [3.63, 3.8) is 0 Å². The molecule has 0 bridgehead atoms. The predicted molar refractivity (Wildman–Crippen MR) is 97.8 cm³/mol. The van der Waals surface area contributed by atoms with Crippen molar-refractivity contribution in [2.24, 2.45) is 0 Å². The van der Waals surface area contributed by atoms with Crippen LogP contribution in [0.15, 0.2) is 54.9 Å². The third kappa shape index (κ3) is 3.34. The van der Waals surface area contributed by atoms with Crippen molar-refractivity contribution in [1.29, 1.82) is 0 Å². The van der Waals surface area contributed by atoms with E-state index in [1.807, 2.05) is 30.3 Å². The Labute approximate surface area is 155 Å². The van der Waals surface area contributed by atoms with Gasteiger partial charge in [-0.3, -0.25) is 5.32 Å². The van der Waals surface area contributed by atoms with Gasteiger partial charge in [0.2, 0.25) is 0 Å². The summed E-state index contributed by atoms with van der Waals surface area (Å²) in [5.74, 6) is 1.74. The van der Waals surface area contributed by atoms with Gasteiger partial charge in [-0.25, -0.2) is 14.5 Å². The van der Waals surface area contributed by atoms with E-state index in [1.165, 1.54) is 0 Å². The number of amides is 2. The number of halogens is 1. The van der Waals surface area contributed by atoms with Gasteiger partial charge in [0.05, 0.1) is 17.7 Å². The van der Waals surface area contributed by atoms with Crippen molar-refractivity contribution >= 4 is 23.4 Å². The quantitative estimate of drug-likeness (QED) is 0.739. The molecule has 0 unspecified atom stereocenters. The minimum absolute atomic E-state index is 0.171. The van der Waals surface area contributed by atoms with Crippen molar-refractivity contribution in [1.82, 2.24) is 20.1 Å². The molecule has 1 atom stereocenters. The highest BCUT2D eigenvalue weighted by Crippen LogP contribution is 2.37. The zero-order valence-electron chi connectivity index (χ0n) is 13.7. The summed E-state index contributed by atoms with van der Waals surface area (Å²) in [6.07, 6.45) is 4.09. The number of carbonyl (C=O) groups is 1. The summed E-state index contributed by atoms with van der Waals surface area (Å²) in [7, 11) is 0. The van der Waals surface area contributed by atoms with Gasteiger partial charge < -0.3 is 10.1 Å². The lowest BCUT2D eigenvalue weighted by atomic mass is 10.0. The number of para-hydroxylation sites is 1. The van der Waals surface area contributed by atoms with Crippen LogP contribution < -0.4 is 15.4 Å². The van der Waals surface area contributed by atoms with Crippen molar-refractivity contribution in [3.05, 3.63) is 65.4 Å². The number of aromatic nitrogens is 3. The van der Waals surface area contributed by atoms with E-state index < -0.39 is 0 Å². The lowest BCUT2D eigenvalue weighted by Gasteiger charge is -2.27. The van der Waals surface area contributed by atoms with Crippen molar-refractivity contribution < 1.29 is 9.53 Å². The van der Waals surface area contributed by atoms with Gasteiger partial charge >= 0.3 is 6.03 Å². The lowest BCUT2D eigenvalue weighted by Crippen LogP contribution is -2.35. The first kappa shape index (κ1) is 16.4. The van der Waals surface area contributed by atoms with E-state index in [4.69, 9.17) is 16.3 Å². The van der Waals surface area contributed by atoms with E-state index in [2.05, 4.69) is 20.7 Å². The van der Waals surface area contributed by atoms with Crippen LogP contribution in [0.1, 0.15) is 18.0 Å². The maximum absolute atomic E-state index is 12.4. The first-order valence-corrected chi connectivity index (χ1v) is 8.54. The van der Waals surface area contributed by atoms with E-state index in [9.17, 15) is 4.79 Å². The fourth-order valence-electron chi connectivity index (χ4n) is 2.85. The Morgan fingerprint density at radius 3 is 3.00 bits per heavy atom. The van der Waals surface area contributed by atoms with E-state index >= 15 is 0 Å². The first-order chi connectivity index (χ1) is 12.7. The molecule has 132 valence electrons. The summed E-state index contributed by atoms with van der Waals surface area (Å²) in [5, 5.41) is 10.5. The van der Waals surface area contributed by atoms with Gasteiger partial charge in [-0.15, -0.1) is 5.10 Å². The molecule has 2 N–H and O–H groups in total. The second kappa shape index (κ2) is 7.05. The van der Waals surface area contributed by atoms with Gasteiger partial charge in [0.1, 0.15) is 5.75 Å². The molecule has 0 saturated carbocycles. The standard InChI is InChI=1S/C18H16ClN5O2/c19-13-5-3-4-12-14(8-11-26-17(12)13)21-18(25)22-15-7-10-24(23-15)16-6-1-2-9-20-16/h1-7,9-10,14H,8,11H2,(H2,21,22,23,25)/t14-/m0/s1. The van der Waals surface area contributed by atoms with Gasteiger partial charge in [-0.05, 0) is 18.2 Å². The van der Waals surface area contributed by atoms with Crippen LogP contribution in [-0.4, -0.2) is 27.4 Å². The minimum Gasteiger partial charge on any atom is -0.492 e. The fraction of sp³-hybridized carbons (Fsp3) is 0.167. The number of urea groups is 1. The number of benzene rings is 1. The molecule has 1 aromatic carbocycles. The maximum atomic E-state index is 12.4. The molecule has 0 fully saturated rings. The summed E-state index contributed by atoms with van der Waals surface area (Å²) < 4.78 is 7.21. The molecular formula is C18H16ClN5O2. The number of ether oxygens (including phenoxy) is 1. The summed E-state index contributed by atoms with van der Waals surface area (Å²) in [5.41, 5.74) is 0.873. The third-order valence-corrected chi connectivity index (χ3v) is 4.34. The van der Waals surface area contributed by atoms with Gasteiger partial charge in [0.15, 0.2) is 11.6 Å². The summed E-state index contributed by atoms with van der Waals surface area (Å²) in [6.45, 7) is 0.496. The molecule has 0 spiro atoms. The second-order valence-corrected chi connectivity index (χ2v) is 6.19. The highest BCUT2D eigenvalue weighted by molar-refractivity contribution is 6.32. The van der Waals surface area contributed by atoms with Crippen molar-refractivity contribution in [2.45, 2.75) is 12.5 Å². The van der Waals surface area contributed by atoms with Crippen LogP contribution in [0.4, 0.5) is 10.6 Å². The number of nitrogens with zero attached hydrogens (tertiary/aromatic N) is 3. The molecule has 2 amide bonds. The Hall–Kier alpha value is -3.06. The van der Waals surface area contributed by atoms with Gasteiger partial charge in [0, 0.05) is 30.4 Å². The topological polar surface area (TPSA) is 81.1 Å². The molecule has 0 radical (unpaired) electrons. The SMILES string of the molecule is O=C(Nc1ccn(-c2ccccn2)n1)N[C@H]1CCOc2c(Cl)cccc21. The Kier molecular flexibility index (Phi) is 4.45. The molecule has 8 heteroatoms. The van der Waals surface area contributed by atoms with Crippen LogP contribution in [0.2, 0.25) is 5.02 Å². The second-order valence-electron chi connectivity index (χ2n) is 5.78. The highest BCUT2D eigenvalue weighted by Gasteiger charge is 2.24. The molecule has 26 heavy (non-hydrogen) atoms. The first-order valence-electron chi connectivity index (χ1n) is 8.16. The molecule has 7 nitrogen and oxygen atoms in total. The van der Waals surface area contributed by atoms with E-state index in [0.29, 0.717) is 35.4 Å². The van der Waals surface area contributed by atoms with Crippen molar-refractivity contribution in [2.75, 3.05) is 11.9 Å². The van der Waals surface area contributed by atoms with E-state index in [-0.39, 0.29) is 12.1 Å². The van der Waals surface area contributed by atoms with Gasteiger partial charge in [0.25, 0.3) is 0 Å². The Bertz CT molecular complexity index is 928. The molecule has 3 aromatic rings. The molecule has 3 heterocycles. The minimum atomic E-state index is -0.339. The number of anilines is 1. The molecule has 4 rings (SSSR count). The number of carbonyl (C=O) groups excluding carboxylic acids is 1. The number of hydrogen-bond donors (Lipinski definition) is 2. The zero-order chi connectivity index (χ0) is 17.9. The predicted octanol–water partition coefficient (Wildman–Crippen LogP) is 3.57. The van der Waals surface area contributed by atoms with Crippen LogP contribution in [0, 0.1) is 0 Å². The monoisotopic (exact) mass is 369 g/mol. The molecule has 0 aliphatic carbocycles. The Morgan fingerprint density at radius 1 is 1.23 bits per heavy atom. The summed E-state index contributed by atoms with van der Waals surface area (Å²) in [4.78, 5) is 16.6. The van der Waals surface area contributed by atoms with Gasteiger partial charge in [-0.2, -0.15) is 0 Å².